The molecule has 1 unspecified atom stereocenters. The average molecular weight is 475 g/mol. The van der Waals surface area contributed by atoms with Gasteiger partial charge in [0.2, 0.25) is 11.8 Å². The van der Waals surface area contributed by atoms with Crippen LogP contribution in [0, 0.1) is 0 Å². The Morgan fingerprint density at radius 3 is 2.59 bits per heavy atom. The van der Waals surface area contributed by atoms with Gasteiger partial charge in [-0.25, -0.2) is 0 Å². The summed E-state index contributed by atoms with van der Waals surface area (Å²) in [6, 6.07) is 14.9. The summed E-state index contributed by atoms with van der Waals surface area (Å²) in [4.78, 5) is 28.9. The van der Waals surface area contributed by atoms with Crippen molar-refractivity contribution in [1.82, 2.24) is 10.2 Å². The highest BCUT2D eigenvalue weighted by atomic mass is 35.5. The molecule has 1 saturated carbocycles. The van der Waals surface area contributed by atoms with E-state index in [-0.39, 0.29) is 17.9 Å². The standard InChI is InChI=1S/C25H31ClN2O3S/c1-18(25(30)27-21-7-3-4-8-21)28(17-19-6-5-9-22(16-19)31-2)24(29)14-15-32-23-12-10-20(26)11-13-23/h5-6,9-13,16,18,21H,3-4,7-8,14-15,17H2,1-2H3,(H,27,30). The maximum atomic E-state index is 13.2. The Kier molecular flexibility index (Phi) is 9.30. The monoisotopic (exact) mass is 474 g/mol. The molecule has 1 N–H and O–H groups in total. The minimum absolute atomic E-state index is 0.0386. The smallest absolute Gasteiger partial charge is 0.242 e. The molecule has 32 heavy (non-hydrogen) atoms. The molecule has 7 heteroatoms. The Morgan fingerprint density at radius 1 is 1.19 bits per heavy atom. The van der Waals surface area contributed by atoms with Gasteiger partial charge in [0, 0.05) is 34.7 Å². The number of nitrogens with zero attached hydrogens (tertiary/aromatic N) is 1. The molecule has 0 heterocycles. The van der Waals surface area contributed by atoms with Crippen LogP contribution >= 0.6 is 23.4 Å². The summed E-state index contributed by atoms with van der Waals surface area (Å²) in [5, 5.41) is 3.83. The van der Waals surface area contributed by atoms with Gasteiger partial charge in [-0.05, 0) is 61.7 Å². The Hall–Kier alpha value is -2.18. The van der Waals surface area contributed by atoms with Crippen LogP contribution in [0.1, 0.15) is 44.6 Å². The number of amides is 2. The molecule has 0 saturated heterocycles. The fraction of sp³-hybridized carbons (Fsp3) is 0.440. The first-order valence-corrected chi connectivity index (χ1v) is 12.4. The highest BCUT2D eigenvalue weighted by Gasteiger charge is 2.28. The number of carbonyl (C=O) groups excluding carboxylic acids is 2. The minimum atomic E-state index is -0.546. The van der Waals surface area contributed by atoms with Crippen molar-refractivity contribution in [1.29, 1.82) is 0 Å². The number of methoxy groups -OCH3 is 1. The van der Waals surface area contributed by atoms with Crippen LogP contribution in [0.5, 0.6) is 5.75 Å². The molecule has 2 amide bonds. The summed E-state index contributed by atoms with van der Waals surface area (Å²) in [5.74, 6) is 1.24. The third kappa shape index (κ3) is 7.17. The molecule has 0 bridgehead atoms. The molecular weight excluding hydrogens is 444 g/mol. The SMILES string of the molecule is COc1cccc(CN(C(=O)CCSc2ccc(Cl)cc2)C(C)C(=O)NC2CCCC2)c1. The predicted octanol–water partition coefficient (Wildman–Crippen LogP) is 5.31. The van der Waals surface area contributed by atoms with Gasteiger partial charge in [0.05, 0.1) is 7.11 Å². The van der Waals surface area contributed by atoms with E-state index < -0.39 is 6.04 Å². The lowest BCUT2D eigenvalue weighted by molar-refractivity contribution is -0.140. The van der Waals surface area contributed by atoms with Crippen LogP contribution in [0.3, 0.4) is 0 Å². The third-order valence-electron chi connectivity index (χ3n) is 5.75. The van der Waals surface area contributed by atoms with Crippen molar-refractivity contribution < 1.29 is 14.3 Å². The number of thioether (sulfide) groups is 1. The van der Waals surface area contributed by atoms with Crippen LogP contribution in [0.25, 0.3) is 0 Å². The van der Waals surface area contributed by atoms with Gasteiger partial charge in [-0.3, -0.25) is 9.59 Å². The quantitative estimate of drug-likeness (QED) is 0.474. The first-order valence-electron chi connectivity index (χ1n) is 11.1. The number of halogens is 1. The zero-order chi connectivity index (χ0) is 22.9. The van der Waals surface area contributed by atoms with Crippen LogP contribution in [-0.4, -0.2) is 41.7 Å². The number of rotatable bonds is 10. The van der Waals surface area contributed by atoms with E-state index in [1.165, 1.54) is 0 Å². The van der Waals surface area contributed by atoms with Crippen molar-refractivity contribution in [2.75, 3.05) is 12.9 Å². The van der Waals surface area contributed by atoms with Crippen molar-refractivity contribution >= 4 is 35.2 Å². The van der Waals surface area contributed by atoms with Crippen LogP contribution in [0.4, 0.5) is 0 Å². The average Bonchev–Trinajstić information content (AvgIpc) is 3.31. The van der Waals surface area contributed by atoms with Crippen LogP contribution < -0.4 is 10.1 Å². The Labute approximate surface area is 199 Å². The first kappa shape index (κ1) is 24.5. The Morgan fingerprint density at radius 2 is 1.91 bits per heavy atom. The van der Waals surface area contributed by atoms with Gasteiger partial charge < -0.3 is 15.0 Å². The highest BCUT2D eigenvalue weighted by Crippen LogP contribution is 2.23. The second-order valence-electron chi connectivity index (χ2n) is 8.09. The molecular formula is C25H31ClN2O3S. The summed E-state index contributed by atoms with van der Waals surface area (Å²) in [6.07, 6.45) is 4.67. The minimum Gasteiger partial charge on any atom is -0.497 e. The van der Waals surface area contributed by atoms with E-state index in [9.17, 15) is 9.59 Å². The van der Waals surface area contributed by atoms with Gasteiger partial charge in [0.25, 0.3) is 0 Å². The molecule has 0 aromatic heterocycles. The van der Waals surface area contributed by atoms with Crippen LogP contribution in [0.15, 0.2) is 53.4 Å². The number of carbonyl (C=O) groups is 2. The van der Waals surface area contributed by atoms with Gasteiger partial charge in [-0.1, -0.05) is 36.6 Å². The van der Waals surface area contributed by atoms with Crippen molar-refractivity contribution in [2.24, 2.45) is 0 Å². The van der Waals surface area contributed by atoms with E-state index in [4.69, 9.17) is 16.3 Å². The lowest BCUT2D eigenvalue weighted by atomic mass is 10.1. The maximum absolute atomic E-state index is 13.2. The summed E-state index contributed by atoms with van der Waals surface area (Å²) in [5.41, 5.74) is 0.934. The molecule has 0 spiro atoms. The van der Waals surface area contributed by atoms with Gasteiger partial charge in [0.15, 0.2) is 0 Å². The lowest BCUT2D eigenvalue weighted by Gasteiger charge is -2.30. The summed E-state index contributed by atoms with van der Waals surface area (Å²) >= 11 is 7.55. The van der Waals surface area contributed by atoms with Crippen molar-refractivity contribution in [3.8, 4) is 5.75 Å². The van der Waals surface area contributed by atoms with E-state index >= 15 is 0 Å². The molecule has 1 atom stereocenters. The zero-order valence-corrected chi connectivity index (χ0v) is 20.3. The zero-order valence-electron chi connectivity index (χ0n) is 18.7. The lowest BCUT2D eigenvalue weighted by Crippen LogP contribution is -2.49. The number of hydrogen-bond acceptors (Lipinski definition) is 4. The first-order chi connectivity index (χ1) is 15.5. The summed E-state index contributed by atoms with van der Waals surface area (Å²) < 4.78 is 5.32. The van der Waals surface area contributed by atoms with Gasteiger partial charge in [-0.2, -0.15) is 0 Å². The van der Waals surface area contributed by atoms with Crippen LogP contribution in [0.2, 0.25) is 5.02 Å². The molecule has 2 aromatic rings. The van der Waals surface area contributed by atoms with Gasteiger partial charge in [-0.15, -0.1) is 11.8 Å². The second-order valence-corrected chi connectivity index (χ2v) is 9.70. The molecule has 1 aliphatic carbocycles. The van der Waals surface area contributed by atoms with Gasteiger partial charge in [0.1, 0.15) is 11.8 Å². The predicted molar refractivity (Wildman–Crippen MR) is 130 cm³/mol. The topological polar surface area (TPSA) is 58.6 Å². The van der Waals surface area contributed by atoms with E-state index in [1.807, 2.05) is 55.5 Å². The molecule has 5 nitrogen and oxygen atoms in total. The molecule has 172 valence electrons. The van der Waals surface area contributed by atoms with E-state index in [1.54, 1.807) is 23.8 Å². The maximum Gasteiger partial charge on any atom is 0.242 e. The van der Waals surface area contributed by atoms with E-state index in [2.05, 4.69) is 5.32 Å². The van der Waals surface area contributed by atoms with Gasteiger partial charge >= 0.3 is 0 Å². The highest BCUT2D eigenvalue weighted by molar-refractivity contribution is 7.99. The van der Waals surface area contributed by atoms with Crippen molar-refractivity contribution in [3.05, 3.63) is 59.1 Å². The number of hydrogen-bond donors (Lipinski definition) is 1. The third-order valence-corrected chi connectivity index (χ3v) is 7.02. The Balaban J connectivity index is 1.66. The van der Waals surface area contributed by atoms with E-state index in [0.717, 1.165) is 41.9 Å². The van der Waals surface area contributed by atoms with Crippen molar-refractivity contribution in [3.63, 3.8) is 0 Å². The van der Waals surface area contributed by atoms with E-state index in [0.29, 0.717) is 23.7 Å². The molecule has 2 aromatic carbocycles. The Bertz CT molecular complexity index is 900. The van der Waals surface area contributed by atoms with Crippen LogP contribution in [-0.2, 0) is 16.1 Å². The molecule has 1 aliphatic rings. The van der Waals surface area contributed by atoms with Crippen molar-refractivity contribution in [2.45, 2.75) is 62.6 Å². The molecule has 3 rings (SSSR count). The molecule has 1 fully saturated rings. The fourth-order valence-corrected chi connectivity index (χ4v) is 4.84. The number of ether oxygens (including phenoxy) is 1. The summed E-state index contributed by atoms with van der Waals surface area (Å²) in [7, 11) is 1.62. The molecule has 0 radical (unpaired) electrons. The largest absolute Gasteiger partial charge is 0.497 e. The number of benzene rings is 2. The normalized spacial score (nSPS) is 14.7. The molecule has 0 aliphatic heterocycles. The fourth-order valence-electron chi connectivity index (χ4n) is 3.87. The summed E-state index contributed by atoms with van der Waals surface area (Å²) in [6.45, 7) is 2.18. The number of nitrogens with one attached hydrogen (secondary N) is 1. The second kappa shape index (κ2) is 12.2.